The van der Waals surface area contributed by atoms with Crippen molar-refractivity contribution in [2.75, 3.05) is 20.3 Å². The molecule has 3 nitrogen and oxygen atoms in total. The van der Waals surface area contributed by atoms with Crippen molar-refractivity contribution < 1.29 is 9.47 Å². The fraction of sp³-hybridized carbons (Fsp3) is 0.294. The molecule has 2 aromatic rings. The molecule has 0 aliphatic heterocycles. The summed E-state index contributed by atoms with van der Waals surface area (Å²) in [5, 5.41) is 3.36. The van der Waals surface area contributed by atoms with E-state index in [2.05, 4.69) is 29.6 Å². The largest absolute Gasteiger partial charge is 0.497 e. The third kappa shape index (κ3) is 5.03. The number of benzene rings is 2. The van der Waals surface area contributed by atoms with Gasteiger partial charge in [0.05, 0.1) is 20.3 Å². The first-order valence-electron chi connectivity index (χ1n) is 6.84. The molecule has 2 rings (SSSR count). The summed E-state index contributed by atoms with van der Waals surface area (Å²) in [6, 6.07) is 18.3. The molecule has 20 heavy (non-hydrogen) atoms. The van der Waals surface area contributed by atoms with Gasteiger partial charge in [-0.3, -0.25) is 0 Å². The molecule has 0 amide bonds. The lowest BCUT2D eigenvalue weighted by atomic mass is 10.2. The first-order valence-corrected chi connectivity index (χ1v) is 6.84. The van der Waals surface area contributed by atoms with Crippen molar-refractivity contribution >= 4 is 0 Å². The zero-order valence-corrected chi connectivity index (χ0v) is 11.8. The molecule has 0 fully saturated rings. The molecule has 0 aliphatic carbocycles. The molecule has 3 heteroatoms. The van der Waals surface area contributed by atoms with E-state index in [1.54, 1.807) is 7.11 Å². The molecule has 0 bridgehead atoms. The van der Waals surface area contributed by atoms with Crippen LogP contribution in [0.2, 0.25) is 0 Å². The van der Waals surface area contributed by atoms with Gasteiger partial charge in [0.1, 0.15) is 5.75 Å². The van der Waals surface area contributed by atoms with Crippen LogP contribution >= 0.6 is 0 Å². The molecule has 106 valence electrons. The SMILES string of the molecule is COc1cccc(COCCNCc2ccccc2)c1. The second kappa shape index (κ2) is 8.35. The summed E-state index contributed by atoms with van der Waals surface area (Å²) < 4.78 is 10.8. The van der Waals surface area contributed by atoms with Crippen LogP contribution in [0, 0.1) is 0 Å². The fourth-order valence-corrected chi connectivity index (χ4v) is 1.93. The predicted molar refractivity (Wildman–Crippen MR) is 80.8 cm³/mol. The zero-order valence-electron chi connectivity index (χ0n) is 11.8. The molecule has 1 N–H and O–H groups in total. The minimum Gasteiger partial charge on any atom is -0.497 e. The van der Waals surface area contributed by atoms with Crippen LogP contribution in [-0.4, -0.2) is 20.3 Å². The summed E-state index contributed by atoms with van der Waals surface area (Å²) in [5.41, 5.74) is 2.42. The van der Waals surface area contributed by atoms with Gasteiger partial charge in [-0.05, 0) is 23.3 Å². The minimum atomic E-state index is 0.615. The fourth-order valence-electron chi connectivity index (χ4n) is 1.93. The Kier molecular flexibility index (Phi) is 6.08. The standard InChI is InChI=1S/C17H21NO2/c1-19-17-9-5-8-16(12-17)14-20-11-10-18-13-15-6-3-2-4-7-15/h2-9,12,18H,10-11,13-14H2,1H3. The van der Waals surface area contributed by atoms with Gasteiger partial charge in [0.15, 0.2) is 0 Å². The van der Waals surface area contributed by atoms with Crippen LogP contribution in [0.25, 0.3) is 0 Å². The van der Waals surface area contributed by atoms with Gasteiger partial charge < -0.3 is 14.8 Å². The highest BCUT2D eigenvalue weighted by Crippen LogP contribution is 2.12. The highest BCUT2D eigenvalue weighted by atomic mass is 16.5. The maximum atomic E-state index is 5.64. The second-order valence-corrected chi connectivity index (χ2v) is 4.57. The first kappa shape index (κ1) is 14.6. The average molecular weight is 271 g/mol. The molecule has 0 heterocycles. The topological polar surface area (TPSA) is 30.5 Å². The van der Waals surface area contributed by atoms with E-state index in [-0.39, 0.29) is 0 Å². The van der Waals surface area contributed by atoms with Gasteiger partial charge in [-0.15, -0.1) is 0 Å². The number of hydrogen-bond acceptors (Lipinski definition) is 3. The van der Waals surface area contributed by atoms with Gasteiger partial charge in [0, 0.05) is 13.1 Å². The van der Waals surface area contributed by atoms with E-state index < -0.39 is 0 Å². The Balaban J connectivity index is 1.59. The van der Waals surface area contributed by atoms with Crippen LogP contribution < -0.4 is 10.1 Å². The van der Waals surface area contributed by atoms with Crippen LogP contribution in [0.5, 0.6) is 5.75 Å². The molecular formula is C17H21NO2. The van der Waals surface area contributed by atoms with Gasteiger partial charge in [-0.25, -0.2) is 0 Å². The number of rotatable bonds is 8. The van der Waals surface area contributed by atoms with Gasteiger partial charge >= 0.3 is 0 Å². The average Bonchev–Trinajstić information content (AvgIpc) is 2.52. The van der Waals surface area contributed by atoms with Crippen molar-refractivity contribution in [1.29, 1.82) is 0 Å². The Bertz CT molecular complexity index is 499. The van der Waals surface area contributed by atoms with E-state index in [0.717, 1.165) is 24.4 Å². The second-order valence-electron chi connectivity index (χ2n) is 4.57. The van der Waals surface area contributed by atoms with Crippen molar-refractivity contribution in [3.05, 3.63) is 65.7 Å². The summed E-state index contributed by atoms with van der Waals surface area (Å²) >= 11 is 0. The van der Waals surface area contributed by atoms with Crippen molar-refractivity contribution in [1.82, 2.24) is 5.32 Å². The van der Waals surface area contributed by atoms with Gasteiger partial charge in [0.2, 0.25) is 0 Å². The number of hydrogen-bond donors (Lipinski definition) is 1. The molecule has 0 aliphatic rings. The Morgan fingerprint density at radius 1 is 0.950 bits per heavy atom. The normalized spacial score (nSPS) is 10.4. The third-order valence-corrected chi connectivity index (χ3v) is 3.00. The summed E-state index contributed by atoms with van der Waals surface area (Å²) in [5.74, 6) is 0.869. The lowest BCUT2D eigenvalue weighted by molar-refractivity contribution is 0.122. The van der Waals surface area contributed by atoms with Gasteiger partial charge in [-0.1, -0.05) is 42.5 Å². The van der Waals surface area contributed by atoms with Crippen LogP contribution in [0.15, 0.2) is 54.6 Å². The Morgan fingerprint density at radius 2 is 1.75 bits per heavy atom. The Morgan fingerprint density at radius 3 is 2.55 bits per heavy atom. The van der Waals surface area contributed by atoms with Gasteiger partial charge in [-0.2, -0.15) is 0 Å². The quantitative estimate of drug-likeness (QED) is 0.749. The molecule has 2 aromatic carbocycles. The highest BCUT2D eigenvalue weighted by molar-refractivity contribution is 5.27. The summed E-state index contributed by atoms with van der Waals surface area (Å²) in [7, 11) is 1.67. The number of ether oxygens (including phenoxy) is 2. The predicted octanol–water partition coefficient (Wildman–Crippen LogP) is 3.00. The Labute approximate surface area is 120 Å². The highest BCUT2D eigenvalue weighted by Gasteiger charge is 1.96. The summed E-state index contributed by atoms with van der Waals surface area (Å²) in [4.78, 5) is 0. The van der Waals surface area contributed by atoms with E-state index in [9.17, 15) is 0 Å². The van der Waals surface area contributed by atoms with E-state index >= 15 is 0 Å². The molecule has 0 radical (unpaired) electrons. The van der Waals surface area contributed by atoms with Crippen molar-refractivity contribution in [2.24, 2.45) is 0 Å². The van der Waals surface area contributed by atoms with E-state index in [1.807, 2.05) is 30.3 Å². The molecule has 0 saturated heterocycles. The minimum absolute atomic E-state index is 0.615. The van der Waals surface area contributed by atoms with Crippen LogP contribution in [0.1, 0.15) is 11.1 Å². The first-order chi connectivity index (χ1) is 9.88. The number of methoxy groups -OCH3 is 1. The van der Waals surface area contributed by atoms with Crippen LogP contribution in [0.3, 0.4) is 0 Å². The van der Waals surface area contributed by atoms with E-state index in [0.29, 0.717) is 13.2 Å². The van der Waals surface area contributed by atoms with Crippen molar-refractivity contribution in [3.63, 3.8) is 0 Å². The summed E-state index contributed by atoms with van der Waals surface area (Å²) in [6.07, 6.45) is 0. The summed E-state index contributed by atoms with van der Waals surface area (Å²) in [6.45, 7) is 3.04. The van der Waals surface area contributed by atoms with Crippen LogP contribution in [0.4, 0.5) is 0 Å². The van der Waals surface area contributed by atoms with E-state index in [4.69, 9.17) is 9.47 Å². The maximum absolute atomic E-state index is 5.64. The van der Waals surface area contributed by atoms with Gasteiger partial charge in [0.25, 0.3) is 0 Å². The van der Waals surface area contributed by atoms with Crippen molar-refractivity contribution in [2.45, 2.75) is 13.2 Å². The molecule has 0 aromatic heterocycles. The molecular weight excluding hydrogens is 250 g/mol. The molecule has 0 saturated carbocycles. The van der Waals surface area contributed by atoms with Crippen LogP contribution in [-0.2, 0) is 17.9 Å². The molecule has 0 spiro atoms. The lowest BCUT2D eigenvalue weighted by Gasteiger charge is -2.07. The Hall–Kier alpha value is -1.84. The maximum Gasteiger partial charge on any atom is 0.119 e. The molecule has 0 atom stereocenters. The molecule has 0 unspecified atom stereocenters. The zero-order chi connectivity index (χ0) is 14.0. The van der Waals surface area contributed by atoms with Crippen molar-refractivity contribution in [3.8, 4) is 5.75 Å². The monoisotopic (exact) mass is 271 g/mol. The number of nitrogens with one attached hydrogen (secondary N) is 1. The smallest absolute Gasteiger partial charge is 0.119 e. The third-order valence-electron chi connectivity index (χ3n) is 3.00. The van der Waals surface area contributed by atoms with E-state index in [1.165, 1.54) is 5.56 Å². The lowest BCUT2D eigenvalue weighted by Crippen LogP contribution is -2.19.